The van der Waals surface area contributed by atoms with Gasteiger partial charge in [0.15, 0.2) is 0 Å². The van der Waals surface area contributed by atoms with Crippen LogP contribution in [0.2, 0.25) is 0 Å². The number of rotatable bonds is 4. The van der Waals surface area contributed by atoms with E-state index in [1.54, 1.807) is 12.6 Å². The fraction of sp³-hybridized carbons (Fsp3) is 0.217. The zero-order chi connectivity index (χ0) is 20.0. The third kappa shape index (κ3) is 2.93. The maximum atomic E-state index is 8.89. The molecule has 0 saturated heterocycles. The molecular weight excluding hydrogens is 364 g/mol. The first-order valence-corrected chi connectivity index (χ1v) is 9.65. The number of fused-ring (bicyclic) bond motifs is 4. The predicted molar refractivity (Wildman–Crippen MR) is 110 cm³/mol. The van der Waals surface area contributed by atoms with Gasteiger partial charge in [-0.3, -0.25) is 5.41 Å². The molecule has 0 fully saturated rings. The Hall–Kier alpha value is -3.38. The van der Waals surface area contributed by atoms with Gasteiger partial charge < -0.3 is 18.6 Å². The zero-order valence-corrected chi connectivity index (χ0v) is 16.4. The van der Waals surface area contributed by atoms with Crippen LogP contribution in [0.4, 0.5) is 0 Å². The van der Waals surface area contributed by atoms with E-state index in [0.717, 1.165) is 40.0 Å². The molecule has 1 unspecified atom stereocenters. The lowest BCUT2D eigenvalue weighted by molar-refractivity contribution is 0.369. The molecule has 0 bridgehead atoms. The van der Waals surface area contributed by atoms with Gasteiger partial charge in [-0.05, 0) is 31.6 Å². The molecule has 0 spiro atoms. The minimum Gasteiger partial charge on any atom is -0.468 e. The van der Waals surface area contributed by atoms with Crippen LogP contribution in [-0.2, 0) is 6.54 Å². The quantitative estimate of drug-likeness (QED) is 0.508. The van der Waals surface area contributed by atoms with Crippen LogP contribution < -0.4 is 10.2 Å². The van der Waals surface area contributed by atoms with Gasteiger partial charge in [0.1, 0.15) is 23.3 Å². The van der Waals surface area contributed by atoms with E-state index < -0.39 is 0 Å². The lowest BCUT2D eigenvalue weighted by Gasteiger charge is -2.28. The van der Waals surface area contributed by atoms with Gasteiger partial charge in [0.05, 0.1) is 17.7 Å². The van der Waals surface area contributed by atoms with Crippen LogP contribution in [0.15, 0.2) is 65.5 Å². The first kappa shape index (κ1) is 17.7. The highest BCUT2D eigenvalue weighted by atomic mass is 16.5. The van der Waals surface area contributed by atoms with Crippen molar-refractivity contribution in [2.24, 2.45) is 0 Å². The second-order valence-electron chi connectivity index (χ2n) is 7.56. The Bertz CT molecular complexity index is 1240. The van der Waals surface area contributed by atoms with Crippen LogP contribution in [0.1, 0.15) is 22.8 Å². The van der Waals surface area contributed by atoms with Crippen molar-refractivity contribution >= 4 is 10.8 Å². The maximum Gasteiger partial charge on any atom is 0.228 e. The Kier molecular flexibility index (Phi) is 4.21. The number of nitrogens with one attached hydrogen (secondary N) is 1. The van der Waals surface area contributed by atoms with Gasteiger partial charge in [-0.15, -0.1) is 0 Å². The highest BCUT2D eigenvalue weighted by Gasteiger charge is 2.34. The molecule has 1 N–H and O–H groups in total. The first-order valence-electron chi connectivity index (χ1n) is 9.65. The molecule has 2 aromatic carbocycles. The standard InChI is InChI=1S/C23H22N4O2/c1-26(2)11-12-27-14-25-23-20(22(27)24)19(18-8-5-13-28-18)17-10-9-15-6-3-4-7-16(15)21(17)29-23/h3-10,13-14,19,24H,11-12H2,1-2H3. The largest absolute Gasteiger partial charge is 0.468 e. The molecular formula is C23H22N4O2. The number of hydrogen-bond acceptors (Lipinski definition) is 5. The third-order valence-corrected chi connectivity index (χ3v) is 5.41. The number of ether oxygens (including phenoxy) is 1. The Morgan fingerprint density at radius 3 is 2.76 bits per heavy atom. The molecule has 1 aliphatic rings. The summed E-state index contributed by atoms with van der Waals surface area (Å²) in [4.78, 5) is 6.68. The number of nitrogens with zero attached hydrogens (tertiary/aromatic N) is 3. The summed E-state index contributed by atoms with van der Waals surface area (Å²) < 4.78 is 14.0. The average molecular weight is 386 g/mol. The molecule has 29 heavy (non-hydrogen) atoms. The summed E-state index contributed by atoms with van der Waals surface area (Å²) in [7, 11) is 4.04. The van der Waals surface area contributed by atoms with E-state index in [0.29, 0.717) is 17.9 Å². The molecule has 1 atom stereocenters. The molecule has 146 valence electrons. The van der Waals surface area contributed by atoms with E-state index in [4.69, 9.17) is 14.6 Å². The number of likely N-dealkylation sites (N-methyl/N-ethyl adjacent to an activating group) is 1. The zero-order valence-electron chi connectivity index (χ0n) is 16.4. The fourth-order valence-electron chi connectivity index (χ4n) is 3.93. The molecule has 0 aliphatic carbocycles. The van der Waals surface area contributed by atoms with E-state index in [1.807, 2.05) is 42.9 Å². The van der Waals surface area contributed by atoms with Crippen LogP contribution >= 0.6 is 0 Å². The Labute approximate surface area is 168 Å². The van der Waals surface area contributed by atoms with Gasteiger partial charge >= 0.3 is 0 Å². The van der Waals surface area contributed by atoms with Crippen molar-refractivity contribution in [3.63, 3.8) is 0 Å². The van der Waals surface area contributed by atoms with Gasteiger partial charge in [0.2, 0.25) is 5.88 Å². The van der Waals surface area contributed by atoms with E-state index >= 15 is 0 Å². The van der Waals surface area contributed by atoms with Crippen LogP contribution in [0, 0.1) is 5.41 Å². The summed E-state index contributed by atoms with van der Waals surface area (Å²) in [6.07, 6.45) is 3.37. The van der Waals surface area contributed by atoms with Gasteiger partial charge in [-0.1, -0.05) is 36.4 Å². The molecule has 4 aromatic rings. The Morgan fingerprint density at radius 1 is 1.10 bits per heavy atom. The maximum absolute atomic E-state index is 8.89. The first-order chi connectivity index (χ1) is 14.1. The molecule has 0 radical (unpaired) electrons. The number of furan rings is 1. The van der Waals surface area contributed by atoms with E-state index in [1.165, 1.54) is 0 Å². The normalized spacial score (nSPS) is 15.2. The van der Waals surface area contributed by atoms with E-state index in [-0.39, 0.29) is 5.92 Å². The van der Waals surface area contributed by atoms with Crippen molar-refractivity contribution in [2.45, 2.75) is 12.5 Å². The topological polar surface area (TPSA) is 67.3 Å². The highest BCUT2D eigenvalue weighted by Crippen LogP contribution is 2.47. The minimum absolute atomic E-state index is 0.236. The summed E-state index contributed by atoms with van der Waals surface area (Å²) in [6.45, 7) is 1.51. The average Bonchev–Trinajstić information content (AvgIpc) is 3.26. The van der Waals surface area contributed by atoms with Crippen molar-refractivity contribution in [3.8, 4) is 11.6 Å². The van der Waals surface area contributed by atoms with Gasteiger partial charge in [0, 0.05) is 24.0 Å². The molecule has 3 heterocycles. The lowest BCUT2D eigenvalue weighted by atomic mass is 9.86. The predicted octanol–water partition coefficient (Wildman–Crippen LogP) is 3.96. The van der Waals surface area contributed by atoms with Crippen molar-refractivity contribution in [1.82, 2.24) is 14.5 Å². The van der Waals surface area contributed by atoms with Gasteiger partial charge in [0.25, 0.3) is 0 Å². The van der Waals surface area contributed by atoms with Crippen molar-refractivity contribution in [2.75, 3.05) is 20.6 Å². The van der Waals surface area contributed by atoms with Crippen molar-refractivity contribution < 1.29 is 9.15 Å². The second kappa shape index (κ2) is 6.90. The Morgan fingerprint density at radius 2 is 1.97 bits per heavy atom. The number of hydrogen-bond donors (Lipinski definition) is 1. The smallest absolute Gasteiger partial charge is 0.228 e. The summed E-state index contributed by atoms with van der Waals surface area (Å²) in [5.74, 6) is 1.81. The minimum atomic E-state index is -0.236. The SMILES string of the molecule is CN(C)CCn1cnc2c(c1=N)C(c1ccco1)c1ccc3ccccc3c1O2. The third-order valence-electron chi connectivity index (χ3n) is 5.41. The molecule has 6 heteroatoms. The molecule has 0 amide bonds. The van der Waals surface area contributed by atoms with E-state index in [9.17, 15) is 0 Å². The number of benzene rings is 2. The summed E-state index contributed by atoms with van der Waals surface area (Å²) in [6, 6.07) is 16.2. The van der Waals surface area contributed by atoms with Crippen molar-refractivity contribution in [3.05, 3.63) is 83.5 Å². The second-order valence-corrected chi connectivity index (χ2v) is 7.56. The summed E-state index contributed by atoms with van der Waals surface area (Å²) >= 11 is 0. The summed E-state index contributed by atoms with van der Waals surface area (Å²) in [5, 5.41) is 11.0. The van der Waals surface area contributed by atoms with Crippen LogP contribution in [0.3, 0.4) is 0 Å². The van der Waals surface area contributed by atoms with Gasteiger partial charge in [-0.2, -0.15) is 0 Å². The van der Waals surface area contributed by atoms with Crippen LogP contribution in [-0.4, -0.2) is 35.1 Å². The highest BCUT2D eigenvalue weighted by molar-refractivity contribution is 5.91. The molecule has 0 saturated carbocycles. The monoisotopic (exact) mass is 386 g/mol. The Balaban J connectivity index is 1.74. The summed E-state index contributed by atoms with van der Waals surface area (Å²) in [5.41, 5.74) is 2.13. The number of aromatic nitrogens is 2. The fourth-order valence-corrected chi connectivity index (χ4v) is 3.93. The molecule has 6 nitrogen and oxygen atoms in total. The van der Waals surface area contributed by atoms with Crippen LogP contribution in [0.5, 0.6) is 11.6 Å². The molecule has 1 aliphatic heterocycles. The van der Waals surface area contributed by atoms with E-state index in [2.05, 4.69) is 34.1 Å². The molecule has 5 rings (SSSR count). The van der Waals surface area contributed by atoms with Gasteiger partial charge in [-0.25, -0.2) is 4.98 Å². The van der Waals surface area contributed by atoms with Crippen molar-refractivity contribution in [1.29, 1.82) is 5.41 Å². The molecule has 2 aromatic heterocycles. The van der Waals surface area contributed by atoms with Crippen LogP contribution in [0.25, 0.3) is 10.8 Å². The lowest BCUT2D eigenvalue weighted by Crippen LogP contribution is -2.32.